The molecule has 1 saturated heterocycles. The van der Waals surface area contributed by atoms with E-state index in [2.05, 4.69) is 5.32 Å². The molecule has 1 fully saturated rings. The number of nitro groups is 1. The number of carbonyl (C=O) groups is 1. The number of nitro benzene ring substituents is 1. The van der Waals surface area contributed by atoms with Crippen molar-refractivity contribution >= 4 is 27.3 Å². The summed E-state index contributed by atoms with van der Waals surface area (Å²) in [5.41, 5.74) is 0.0777. The molecule has 0 aliphatic carbocycles. The van der Waals surface area contributed by atoms with Crippen molar-refractivity contribution < 1.29 is 32.3 Å². The normalized spacial score (nSPS) is 14.6. The minimum Gasteiger partial charge on any atom is -0.495 e. The molecule has 12 heteroatoms. The Morgan fingerprint density at radius 2 is 1.87 bits per heavy atom. The Morgan fingerprint density at radius 1 is 1.19 bits per heavy atom. The highest BCUT2D eigenvalue weighted by Crippen LogP contribution is 2.29. The Bertz CT molecular complexity index is 1050. The van der Waals surface area contributed by atoms with Gasteiger partial charge in [0.15, 0.2) is 6.61 Å². The first kappa shape index (κ1) is 22.5. The van der Waals surface area contributed by atoms with Crippen molar-refractivity contribution in [1.82, 2.24) is 4.31 Å². The Morgan fingerprint density at radius 3 is 2.48 bits per heavy atom. The van der Waals surface area contributed by atoms with Gasteiger partial charge in [-0.2, -0.15) is 4.31 Å². The Hall–Kier alpha value is -3.22. The first-order valence-corrected chi connectivity index (χ1v) is 10.7. The predicted octanol–water partition coefficient (Wildman–Crippen LogP) is 1.64. The van der Waals surface area contributed by atoms with Gasteiger partial charge < -0.3 is 19.5 Å². The predicted molar refractivity (Wildman–Crippen MR) is 110 cm³/mol. The summed E-state index contributed by atoms with van der Waals surface area (Å²) in [6.45, 7) is 0.748. The molecular formula is C19H21N3O8S. The smallest absolute Gasteiger partial charge is 0.269 e. The topological polar surface area (TPSA) is 137 Å². The molecule has 1 aliphatic heterocycles. The van der Waals surface area contributed by atoms with E-state index in [1.165, 1.54) is 53.9 Å². The van der Waals surface area contributed by atoms with Crippen molar-refractivity contribution in [2.45, 2.75) is 4.90 Å². The summed E-state index contributed by atoms with van der Waals surface area (Å²) in [7, 11) is -2.35. The SMILES string of the molecule is COc1ccc(S(=O)(=O)N2CCOCC2)cc1NC(=O)COc1ccc([N+](=O)[O-])cc1. The standard InChI is InChI=1S/C19H21N3O8S/c1-28-18-7-6-16(31(26,27)21-8-10-29-11-9-21)12-17(18)20-19(23)13-30-15-4-2-14(3-5-15)22(24)25/h2-7,12H,8-11,13H2,1H3,(H,20,23). The molecule has 0 aromatic heterocycles. The highest BCUT2D eigenvalue weighted by molar-refractivity contribution is 7.89. The summed E-state index contributed by atoms with van der Waals surface area (Å²) < 4.78 is 42.8. The zero-order valence-corrected chi connectivity index (χ0v) is 17.5. The van der Waals surface area contributed by atoms with E-state index in [1.54, 1.807) is 0 Å². The van der Waals surface area contributed by atoms with Crippen molar-refractivity contribution in [3.8, 4) is 11.5 Å². The summed E-state index contributed by atoms with van der Waals surface area (Å²) in [6, 6.07) is 9.47. The van der Waals surface area contributed by atoms with Crippen LogP contribution in [-0.4, -0.2) is 63.6 Å². The number of rotatable bonds is 8. The average molecular weight is 451 g/mol. The van der Waals surface area contributed by atoms with Crippen LogP contribution in [0.4, 0.5) is 11.4 Å². The van der Waals surface area contributed by atoms with Crippen LogP contribution in [-0.2, 0) is 19.6 Å². The number of ether oxygens (including phenoxy) is 3. The van der Waals surface area contributed by atoms with Gasteiger partial charge in [-0.1, -0.05) is 0 Å². The van der Waals surface area contributed by atoms with Crippen molar-refractivity contribution in [1.29, 1.82) is 0 Å². The van der Waals surface area contributed by atoms with Crippen LogP contribution in [0.15, 0.2) is 47.4 Å². The van der Waals surface area contributed by atoms with Gasteiger partial charge in [0, 0.05) is 25.2 Å². The maximum absolute atomic E-state index is 12.9. The average Bonchev–Trinajstić information content (AvgIpc) is 2.78. The first-order chi connectivity index (χ1) is 14.8. The van der Waals surface area contributed by atoms with Gasteiger partial charge in [-0.05, 0) is 30.3 Å². The molecule has 166 valence electrons. The molecule has 1 N–H and O–H groups in total. The second-order valence-electron chi connectivity index (χ2n) is 6.47. The van der Waals surface area contributed by atoms with Crippen LogP contribution < -0.4 is 14.8 Å². The minimum absolute atomic E-state index is 0.0155. The van der Waals surface area contributed by atoms with E-state index in [0.717, 1.165) is 0 Å². The molecule has 0 bridgehead atoms. The van der Waals surface area contributed by atoms with Crippen molar-refractivity contribution in [2.75, 3.05) is 45.3 Å². The van der Waals surface area contributed by atoms with E-state index in [9.17, 15) is 23.3 Å². The summed E-state index contributed by atoms with van der Waals surface area (Å²) in [5.74, 6) is -0.00134. The van der Waals surface area contributed by atoms with Crippen LogP contribution >= 0.6 is 0 Å². The number of hydrogen-bond acceptors (Lipinski definition) is 8. The van der Waals surface area contributed by atoms with E-state index in [-0.39, 0.29) is 47.5 Å². The molecule has 0 unspecified atom stereocenters. The molecule has 3 rings (SSSR count). The number of morpholine rings is 1. The molecular weight excluding hydrogens is 430 g/mol. The van der Waals surface area contributed by atoms with Gasteiger partial charge in [-0.15, -0.1) is 0 Å². The molecule has 1 aliphatic rings. The lowest BCUT2D eigenvalue weighted by molar-refractivity contribution is -0.384. The largest absolute Gasteiger partial charge is 0.495 e. The fourth-order valence-corrected chi connectivity index (χ4v) is 4.32. The highest BCUT2D eigenvalue weighted by atomic mass is 32.2. The van der Waals surface area contributed by atoms with Crippen LogP contribution in [0.5, 0.6) is 11.5 Å². The minimum atomic E-state index is -3.75. The van der Waals surface area contributed by atoms with E-state index < -0.39 is 20.9 Å². The van der Waals surface area contributed by atoms with Crippen LogP contribution in [0.2, 0.25) is 0 Å². The van der Waals surface area contributed by atoms with Crippen LogP contribution in [0.25, 0.3) is 0 Å². The molecule has 31 heavy (non-hydrogen) atoms. The van der Waals surface area contributed by atoms with Crippen molar-refractivity contribution in [3.63, 3.8) is 0 Å². The zero-order valence-electron chi connectivity index (χ0n) is 16.6. The number of hydrogen-bond donors (Lipinski definition) is 1. The fraction of sp³-hybridized carbons (Fsp3) is 0.316. The molecule has 2 aromatic carbocycles. The van der Waals surface area contributed by atoms with Gasteiger partial charge in [0.25, 0.3) is 11.6 Å². The molecule has 0 saturated carbocycles. The van der Waals surface area contributed by atoms with Gasteiger partial charge in [-0.25, -0.2) is 8.42 Å². The quantitative estimate of drug-likeness (QED) is 0.472. The fourth-order valence-electron chi connectivity index (χ4n) is 2.88. The van der Waals surface area contributed by atoms with Gasteiger partial charge in [-0.3, -0.25) is 14.9 Å². The summed E-state index contributed by atoms with van der Waals surface area (Å²) in [5, 5.41) is 13.2. The van der Waals surface area contributed by atoms with Crippen LogP contribution in [0, 0.1) is 10.1 Å². The van der Waals surface area contributed by atoms with E-state index in [4.69, 9.17) is 14.2 Å². The second kappa shape index (κ2) is 9.73. The Balaban J connectivity index is 1.70. The second-order valence-corrected chi connectivity index (χ2v) is 8.40. The number of nitrogens with zero attached hydrogens (tertiary/aromatic N) is 2. The van der Waals surface area contributed by atoms with E-state index in [0.29, 0.717) is 13.2 Å². The van der Waals surface area contributed by atoms with Gasteiger partial charge in [0.2, 0.25) is 10.0 Å². The van der Waals surface area contributed by atoms with E-state index >= 15 is 0 Å². The van der Waals surface area contributed by atoms with Gasteiger partial charge in [0.1, 0.15) is 11.5 Å². The first-order valence-electron chi connectivity index (χ1n) is 9.24. The highest BCUT2D eigenvalue weighted by Gasteiger charge is 2.27. The molecule has 2 aromatic rings. The number of amides is 1. The van der Waals surface area contributed by atoms with Gasteiger partial charge in [0.05, 0.1) is 35.8 Å². The number of nitrogens with one attached hydrogen (secondary N) is 1. The molecule has 0 radical (unpaired) electrons. The summed E-state index contributed by atoms with van der Waals surface area (Å²) in [4.78, 5) is 22.5. The molecule has 0 atom stereocenters. The molecule has 11 nitrogen and oxygen atoms in total. The third-order valence-electron chi connectivity index (χ3n) is 4.47. The number of sulfonamides is 1. The maximum atomic E-state index is 12.9. The summed E-state index contributed by atoms with van der Waals surface area (Å²) in [6.07, 6.45) is 0. The molecule has 0 spiro atoms. The van der Waals surface area contributed by atoms with Crippen molar-refractivity contribution in [3.05, 3.63) is 52.6 Å². The number of methoxy groups -OCH3 is 1. The summed E-state index contributed by atoms with van der Waals surface area (Å²) >= 11 is 0. The third kappa shape index (κ3) is 5.48. The molecule has 1 amide bonds. The monoisotopic (exact) mass is 451 g/mol. The van der Waals surface area contributed by atoms with E-state index in [1.807, 2.05) is 0 Å². The Kier molecular flexibility index (Phi) is 7.05. The Labute approximate surface area is 178 Å². The zero-order chi connectivity index (χ0) is 22.4. The molecule has 1 heterocycles. The van der Waals surface area contributed by atoms with Crippen molar-refractivity contribution in [2.24, 2.45) is 0 Å². The number of non-ortho nitro benzene ring substituents is 1. The van der Waals surface area contributed by atoms with Gasteiger partial charge >= 0.3 is 0 Å². The lowest BCUT2D eigenvalue weighted by atomic mass is 10.3. The van der Waals surface area contributed by atoms with Crippen LogP contribution in [0.3, 0.4) is 0 Å². The lowest BCUT2D eigenvalue weighted by Gasteiger charge is -2.26. The number of anilines is 1. The van der Waals surface area contributed by atoms with Crippen LogP contribution in [0.1, 0.15) is 0 Å². The number of benzene rings is 2. The third-order valence-corrected chi connectivity index (χ3v) is 6.36. The number of carbonyl (C=O) groups excluding carboxylic acids is 1. The maximum Gasteiger partial charge on any atom is 0.269 e. The lowest BCUT2D eigenvalue weighted by Crippen LogP contribution is -2.40.